The highest BCUT2D eigenvalue weighted by Gasteiger charge is 2.49. The molecule has 1 aliphatic heterocycles. The van der Waals surface area contributed by atoms with Crippen molar-refractivity contribution in [1.29, 1.82) is 26.3 Å². The second-order valence-electron chi connectivity index (χ2n) is 13.9. The number of carbonyl (C=O) groups is 4. The van der Waals surface area contributed by atoms with Crippen molar-refractivity contribution < 1.29 is 53.4 Å². The van der Waals surface area contributed by atoms with Gasteiger partial charge in [0.1, 0.15) is 84.7 Å². The Morgan fingerprint density at radius 2 is 1.35 bits per heavy atom. The van der Waals surface area contributed by atoms with Crippen LogP contribution in [0.1, 0.15) is 57.4 Å². The second kappa shape index (κ2) is 21.3. The predicted octanol–water partition coefficient (Wildman–Crippen LogP) is 0.509. The van der Waals surface area contributed by atoms with Crippen molar-refractivity contribution in [2.75, 3.05) is 51.0 Å². The van der Waals surface area contributed by atoms with Crippen LogP contribution in [0.15, 0.2) is 53.3 Å². The monoisotopic (exact) mass is 841 g/mol. The zero-order chi connectivity index (χ0) is 44.8. The number of benzene rings is 2. The molecule has 0 bridgehead atoms. The van der Waals surface area contributed by atoms with Gasteiger partial charge in [-0.3, -0.25) is 19.2 Å². The quantitative estimate of drug-likeness (QED) is 0.111. The minimum absolute atomic E-state index is 0.00436. The van der Waals surface area contributed by atoms with Crippen LogP contribution in [0.4, 0.5) is 5.69 Å². The zero-order valence-electron chi connectivity index (χ0n) is 33.7. The average Bonchev–Trinajstić information content (AvgIpc) is 3.61. The first-order valence-corrected chi connectivity index (χ1v) is 19.7. The van der Waals surface area contributed by atoms with Crippen molar-refractivity contribution in [3.8, 4) is 41.8 Å². The maximum Gasteiger partial charge on any atom is 0.318 e. The number of hydrogen-bond donors (Lipinski definition) is 3. The summed E-state index contributed by atoms with van der Waals surface area (Å²) in [6, 6.07) is 18.0. The van der Waals surface area contributed by atoms with Crippen LogP contribution in [0.3, 0.4) is 0 Å². The van der Waals surface area contributed by atoms with E-state index in [-0.39, 0.29) is 113 Å². The van der Waals surface area contributed by atoms with Gasteiger partial charge in [-0.2, -0.15) is 26.3 Å². The summed E-state index contributed by atoms with van der Waals surface area (Å²) in [6.07, 6.45) is 3.98. The van der Waals surface area contributed by atoms with Gasteiger partial charge in [0.25, 0.3) is 0 Å². The smallest absolute Gasteiger partial charge is 0.318 e. The van der Waals surface area contributed by atoms with E-state index in [1.54, 1.807) is 48.5 Å². The number of likely N-dealkylation sites (N-methyl/N-ethyl adjacent to an activating group) is 1. The molecule has 0 unspecified atom stereocenters. The summed E-state index contributed by atoms with van der Waals surface area (Å²) >= 11 is 0. The molecule has 0 saturated heterocycles. The van der Waals surface area contributed by atoms with Gasteiger partial charge in [0, 0.05) is 22.7 Å². The molecule has 18 nitrogen and oxygen atoms in total. The number of ketones is 1. The van der Waals surface area contributed by atoms with Gasteiger partial charge in [-0.05, 0) is 49.6 Å². The largest absolute Gasteiger partial charge is 0.506 e. The molecule has 1 amide bonds. The lowest BCUT2D eigenvalue weighted by molar-refractivity contribution is -0.625. The van der Waals surface area contributed by atoms with Gasteiger partial charge in [0.2, 0.25) is 5.78 Å². The topological polar surface area (TPSA) is 285 Å². The molecular formula is C44H41N8O10+. The number of nitrogens with one attached hydrogen (secondary N) is 1. The summed E-state index contributed by atoms with van der Waals surface area (Å²) in [5.74, 6) is -2.88. The molecule has 0 radical (unpaired) electrons. The number of anilines is 1. The number of nitrogens with zero attached hydrogens (tertiary/aromatic N) is 7. The van der Waals surface area contributed by atoms with Gasteiger partial charge >= 0.3 is 23.6 Å². The van der Waals surface area contributed by atoms with Crippen molar-refractivity contribution in [1.82, 2.24) is 5.01 Å². The third-order valence-corrected chi connectivity index (χ3v) is 10.2. The average molecular weight is 842 g/mol. The molecule has 0 spiro atoms. The van der Waals surface area contributed by atoms with Crippen molar-refractivity contribution >= 4 is 51.7 Å². The highest BCUT2D eigenvalue weighted by atomic mass is 16.6. The predicted molar refractivity (Wildman–Crippen MR) is 215 cm³/mol. The van der Waals surface area contributed by atoms with Crippen molar-refractivity contribution in [2.24, 2.45) is 0 Å². The fraction of sp³-hybridized carbons (Fsp3) is 0.364. The van der Waals surface area contributed by atoms with Crippen LogP contribution in [0.2, 0.25) is 0 Å². The standard InChI is InChI=1S/C44H40N8O10/c1-2-51(30-10-8-27(9-11-30)39-42(56)41(43(39)57)40-34(26-49)50-52(44(40)58)31-6-4-3-5-7-31)14-16-61-37(54)12-13-38(55)62-19-18-60-36-21-32(28(22-45)23-46)35(59-17-15-53)20-33(36)29(24-47)25-48/h8-11,20-21,31,53,56H,2-7,12-19H2,1H3/p+1. The van der Waals surface area contributed by atoms with E-state index in [0.717, 1.165) is 37.8 Å². The van der Waals surface area contributed by atoms with E-state index in [0.29, 0.717) is 18.7 Å². The molecule has 1 heterocycles. The van der Waals surface area contributed by atoms with Gasteiger partial charge in [-0.15, -0.1) is 10.1 Å². The third-order valence-electron chi connectivity index (χ3n) is 10.2. The SMILES string of the molecule is CCN(CCOC(=O)CCC(=O)OCCOc1cc(=C(C#N)C#N)c(OCCO)cc1=C(C#N)C#N)c1ccc(C2=C(O)C(=C3C(=O)N(C4CCCCC4)[NH+]=C3C#N)C2=O)cc1. The fourth-order valence-corrected chi connectivity index (χ4v) is 7.14. The molecule has 18 heteroatoms. The number of nitriles is 5. The second-order valence-corrected chi connectivity index (χ2v) is 13.9. The number of hydrazone groups is 1. The highest BCUT2D eigenvalue weighted by Crippen LogP contribution is 2.39. The Morgan fingerprint density at radius 1 is 0.790 bits per heavy atom. The molecule has 2 aromatic carbocycles. The summed E-state index contributed by atoms with van der Waals surface area (Å²) in [4.78, 5) is 53.4. The molecule has 3 aliphatic rings. The number of allylic oxidation sites excluding steroid dienone is 2. The van der Waals surface area contributed by atoms with Gasteiger partial charge in [0.15, 0.2) is 6.07 Å². The molecule has 1 saturated carbocycles. The minimum atomic E-state index is -0.730. The normalized spacial score (nSPS) is 15.8. The number of aliphatic hydroxyl groups excluding tert-OH is 2. The summed E-state index contributed by atoms with van der Waals surface area (Å²) < 4.78 is 21.6. The van der Waals surface area contributed by atoms with E-state index in [1.165, 1.54) is 17.1 Å². The molecular weight excluding hydrogens is 801 g/mol. The summed E-state index contributed by atoms with van der Waals surface area (Å²) in [5.41, 5.74) is 0.116. The van der Waals surface area contributed by atoms with Crippen molar-refractivity contribution in [3.05, 3.63) is 69.3 Å². The molecule has 2 aliphatic carbocycles. The molecule has 1 fully saturated rings. The summed E-state index contributed by atoms with van der Waals surface area (Å²) in [7, 11) is 0. The van der Waals surface area contributed by atoms with Crippen LogP contribution < -0.4 is 29.9 Å². The fourth-order valence-electron chi connectivity index (χ4n) is 7.14. The Hall–Kier alpha value is -7.98. The lowest BCUT2D eigenvalue weighted by Crippen LogP contribution is -2.83. The highest BCUT2D eigenvalue weighted by molar-refractivity contribution is 6.44. The molecule has 2 aromatic rings. The number of carbonyl (C=O) groups excluding carboxylic acids is 4. The third kappa shape index (κ3) is 10.1. The lowest BCUT2D eigenvalue weighted by Gasteiger charge is -2.26. The maximum absolute atomic E-state index is 13.3. The van der Waals surface area contributed by atoms with Crippen molar-refractivity contribution in [3.63, 3.8) is 0 Å². The van der Waals surface area contributed by atoms with Gasteiger partial charge < -0.3 is 34.1 Å². The van der Waals surface area contributed by atoms with Crippen LogP contribution in [-0.4, -0.2) is 96.7 Å². The number of aliphatic hydroxyl groups is 2. The number of ether oxygens (including phenoxy) is 4. The van der Waals surface area contributed by atoms with E-state index in [4.69, 9.17) is 18.9 Å². The first-order valence-electron chi connectivity index (χ1n) is 19.7. The van der Waals surface area contributed by atoms with Crippen LogP contribution >= 0.6 is 0 Å². The van der Waals surface area contributed by atoms with E-state index >= 15 is 0 Å². The van der Waals surface area contributed by atoms with Crippen LogP contribution in [0.5, 0.6) is 11.5 Å². The number of Topliss-reactive ketones (excluding diaryl/α,β-unsaturated/α-hetero) is 1. The lowest BCUT2D eigenvalue weighted by atomic mass is 9.80. The van der Waals surface area contributed by atoms with Gasteiger partial charge in [-0.1, -0.05) is 31.4 Å². The maximum atomic E-state index is 13.3. The summed E-state index contributed by atoms with van der Waals surface area (Å²) in [5, 5.41) is 71.9. The molecule has 0 atom stereocenters. The number of rotatable bonds is 17. The molecule has 316 valence electrons. The van der Waals surface area contributed by atoms with E-state index < -0.39 is 23.6 Å². The Bertz CT molecular complexity index is 2540. The molecule has 62 heavy (non-hydrogen) atoms. The van der Waals surface area contributed by atoms with E-state index in [1.807, 2.05) is 17.9 Å². The van der Waals surface area contributed by atoms with E-state index in [9.17, 15) is 55.7 Å². The molecule has 3 N–H and O–H groups in total. The minimum Gasteiger partial charge on any atom is -0.506 e. The van der Waals surface area contributed by atoms with Gasteiger partial charge in [0.05, 0.1) is 43.2 Å². The summed E-state index contributed by atoms with van der Waals surface area (Å²) in [6.45, 7) is 1.56. The van der Waals surface area contributed by atoms with Crippen LogP contribution in [-0.2, 0) is 28.7 Å². The molecule has 0 aromatic heterocycles. The first-order chi connectivity index (χ1) is 30.0. The van der Waals surface area contributed by atoms with Crippen molar-refractivity contribution in [2.45, 2.75) is 57.9 Å². The Morgan fingerprint density at radius 3 is 1.87 bits per heavy atom. The molecule has 5 rings (SSSR count). The first kappa shape index (κ1) is 45.1. The number of esters is 2. The Balaban J connectivity index is 1.10. The zero-order valence-corrected chi connectivity index (χ0v) is 33.7. The Labute approximate surface area is 355 Å². The van der Waals surface area contributed by atoms with Gasteiger partial charge in [-0.25, -0.2) is 0 Å². The van der Waals surface area contributed by atoms with Crippen LogP contribution in [0, 0.1) is 56.7 Å². The number of hydrazine groups is 1. The van der Waals surface area contributed by atoms with Crippen LogP contribution in [0.25, 0.3) is 16.7 Å². The number of amides is 1. The Kier molecular flexibility index (Phi) is 15.5. The van der Waals surface area contributed by atoms with E-state index in [2.05, 4.69) is 5.10 Å². The number of hydrogen-bond acceptors (Lipinski definition) is 16.